The van der Waals surface area contributed by atoms with Crippen molar-refractivity contribution in [3.8, 4) is 0 Å². The van der Waals surface area contributed by atoms with Crippen molar-refractivity contribution in [3.63, 3.8) is 0 Å². The molecule has 5 nitrogen and oxygen atoms in total. The number of piperidine rings is 1. The van der Waals surface area contributed by atoms with Crippen LogP contribution in [0.2, 0.25) is 0 Å². The Morgan fingerprint density at radius 3 is 2.67 bits per heavy atom. The molecule has 2 aromatic carbocycles. The van der Waals surface area contributed by atoms with Crippen LogP contribution < -0.4 is 10.6 Å². The smallest absolute Gasteiger partial charge is 0.253 e. The van der Waals surface area contributed by atoms with Crippen LogP contribution >= 0.6 is 11.8 Å². The minimum atomic E-state index is -0.281. The summed E-state index contributed by atoms with van der Waals surface area (Å²) in [6.45, 7) is 5.87. The van der Waals surface area contributed by atoms with Crippen LogP contribution in [-0.2, 0) is 10.5 Å². The van der Waals surface area contributed by atoms with E-state index in [0.717, 1.165) is 37.4 Å². The molecule has 2 aliphatic heterocycles. The van der Waals surface area contributed by atoms with Crippen molar-refractivity contribution in [1.29, 1.82) is 0 Å². The van der Waals surface area contributed by atoms with Crippen molar-refractivity contribution >= 4 is 35.0 Å². The number of carbonyl (C=O) groups is 2. The lowest BCUT2D eigenvalue weighted by Gasteiger charge is -2.29. The fourth-order valence-electron chi connectivity index (χ4n) is 4.02. The van der Waals surface area contributed by atoms with Crippen molar-refractivity contribution in [2.45, 2.75) is 44.9 Å². The molecule has 4 rings (SSSR count). The third-order valence-corrected chi connectivity index (χ3v) is 6.94. The number of benzene rings is 2. The van der Waals surface area contributed by atoms with Gasteiger partial charge >= 0.3 is 0 Å². The van der Waals surface area contributed by atoms with Crippen LogP contribution in [0.3, 0.4) is 0 Å². The number of nitrogens with one attached hydrogen (secondary N) is 2. The second-order valence-electron chi connectivity index (χ2n) is 8.24. The fraction of sp³-hybridized carbons (Fsp3) is 0.417. The molecule has 1 fully saturated rings. The molecule has 158 valence electrons. The normalized spacial score (nSPS) is 18.4. The van der Waals surface area contributed by atoms with E-state index in [0.29, 0.717) is 17.0 Å². The van der Waals surface area contributed by atoms with E-state index in [4.69, 9.17) is 0 Å². The second kappa shape index (κ2) is 9.13. The van der Waals surface area contributed by atoms with Gasteiger partial charge in [-0.05, 0) is 62.4 Å². The highest BCUT2D eigenvalue weighted by atomic mass is 32.2. The van der Waals surface area contributed by atoms with Gasteiger partial charge in [0.1, 0.15) is 6.04 Å². The Morgan fingerprint density at radius 1 is 1.07 bits per heavy atom. The van der Waals surface area contributed by atoms with E-state index >= 15 is 0 Å². The first-order chi connectivity index (χ1) is 14.5. The quantitative estimate of drug-likeness (QED) is 0.738. The maximum absolute atomic E-state index is 12.7. The van der Waals surface area contributed by atoms with E-state index in [1.165, 1.54) is 23.1 Å². The standard InChI is InChI=1S/C24H29N3O2S/c1-16-6-7-17(2)19(12-16)14-30-15-22-23(28)26-21-13-18(8-9-20(21)25-22)24(29)27-10-4-3-5-11-27/h6-9,12-13,22,25H,3-5,10-11,14-15H2,1-2H3,(H,26,28). The molecule has 0 aliphatic carbocycles. The van der Waals surface area contributed by atoms with Gasteiger partial charge in [-0.3, -0.25) is 9.59 Å². The summed E-state index contributed by atoms with van der Waals surface area (Å²) >= 11 is 1.76. The molecule has 0 aromatic heterocycles. The number of aryl methyl sites for hydroxylation is 2. The SMILES string of the molecule is Cc1ccc(C)c(CSCC2Nc3ccc(C(=O)N4CCCCC4)cc3NC2=O)c1. The predicted octanol–water partition coefficient (Wildman–Crippen LogP) is 4.60. The van der Waals surface area contributed by atoms with E-state index in [2.05, 4.69) is 42.7 Å². The summed E-state index contributed by atoms with van der Waals surface area (Å²) < 4.78 is 0. The molecule has 30 heavy (non-hydrogen) atoms. The lowest BCUT2D eigenvalue weighted by Crippen LogP contribution is -2.41. The second-order valence-corrected chi connectivity index (χ2v) is 9.27. The van der Waals surface area contributed by atoms with Crippen molar-refractivity contribution in [3.05, 3.63) is 58.7 Å². The summed E-state index contributed by atoms with van der Waals surface area (Å²) in [5, 5.41) is 6.34. The number of thioether (sulfide) groups is 1. The van der Waals surface area contributed by atoms with E-state index in [-0.39, 0.29) is 17.9 Å². The molecule has 2 amide bonds. The number of anilines is 2. The van der Waals surface area contributed by atoms with Gasteiger partial charge in [0.05, 0.1) is 11.4 Å². The molecule has 0 saturated carbocycles. The minimum absolute atomic E-state index is 0.0430. The predicted molar refractivity (Wildman–Crippen MR) is 124 cm³/mol. The Labute approximate surface area is 182 Å². The lowest BCUT2D eigenvalue weighted by molar-refractivity contribution is -0.116. The Bertz CT molecular complexity index is 953. The summed E-state index contributed by atoms with van der Waals surface area (Å²) in [5.74, 6) is 1.58. The summed E-state index contributed by atoms with van der Waals surface area (Å²) in [6.07, 6.45) is 3.32. The van der Waals surface area contributed by atoms with Crippen LogP contribution in [0.15, 0.2) is 36.4 Å². The van der Waals surface area contributed by atoms with Gasteiger partial charge in [-0.15, -0.1) is 0 Å². The van der Waals surface area contributed by atoms with Gasteiger partial charge in [0.2, 0.25) is 5.91 Å². The zero-order chi connectivity index (χ0) is 21.1. The molecule has 1 saturated heterocycles. The fourth-order valence-corrected chi connectivity index (χ4v) is 5.14. The molecule has 1 atom stereocenters. The molecule has 1 unspecified atom stereocenters. The number of nitrogens with zero attached hydrogens (tertiary/aromatic N) is 1. The number of carbonyl (C=O) groups excluding carboxylic acids is 2. The molecule has 2 aliphatic rings. The molecule has 0 bridgehead atoms. The highest BCUT2D eigenvalue weighted by Gasteiger charge is 2.27. The zero-order valence-corrected chi connectivity index (χ0v) is 18.5. The van der Waals surface area contributed by atoms with Crippen molar-refractivity contribution < 1.29 is 9.59 Å². The monoisotopic (exact) mass is 423 g/mol. The molecule has 2 N–H and O–H groups in total. The average Bonchev–Trinajstić information content (AvgIpc) is 2.76. The first-order valence-electron chi connectivity index (χ1n) is 10.7. The number of likely N-dealkylation sites (tertiary alicyclic amines) is 1. The van der Waals surface area contributed by atoms with Gasteiger partial charge in [-0.25, -0.2) is 0 Å². The van der Waals surface area contributed by atoms with Gasteiger partial charge in [0.15, 0.2) is 0 Å². The van der Waals surface area contributed by atoms with Gasteiger partial charge < -0.3 is 15.5 Å². The van der Waals surface area contributed by atoms with Crippen molar-refractivity contribution in [1.82, 2.24) is 4.90 Å². The maximum Gasteiger partial charge on any atom is 0.253 e. The minimum Gasteiger partial charge on any atom is -0.371 e. The topological polar surface area (TPSA) is 61.4 Å². The summed E-state index contributed by atoms with van der Waals surface area (Å²) in [4.78, 5) is 27.3. The lowest BCUT2D eigenvalue weighted by atomic mass is 10.1. The maximum atomic E-state index is 12.7. The number of rotatable bonds is 5. The van der Waals surface area contributed by atoms with Crippen LogP contribution in [0, 0.1) is 13.8 Å². The summed E-state index contributed by atoms with van der Waals surface area (Å²) in [7, 11) is 0. The number of amides is 2. The average molecular weight is 424 g/mol. The van der Waals surface area contributed by atoms with Crippen LogP contribution in [-0.4, -0.2) is 41.6 Å². The largest absolute Gasteiger partial charge is 0.371 e. The van der Waals surface area contributed by atoms with Crippen LogP contribution in [0.25, 0.3) is 0 Å². The number of hydrogen-bond acceptors (Lipinski definition) is 4. The van der Waals surface area contributed by atoms with Crippen molar-refractivity contribution in [2.75, 3.05) is 29.5 Å². The number of hydrogen-bond donors (Lipinski definition) is 2. The molecule has 6 heteroatoms. The van der Waals surface area contributed by atoms with E-state index in [1.807, 2.05) is 17.0 Å². The molecular weight excluding hydrogens is 394 g/mol. The first kappa shape index (κ1) is 20.8. The molecule has 2 aromatic rings. The van der Waals surface area contributed by atoms with E-state index in [9.17, 15) is 9.59 Å². The highest BCUT2D eigenvalue weighted by molar-refractivity contribution is 7.98. The summed E-state index contributed by atoms with van der Waals surface area (Å²) in [5.41, 5.74) is 6.07. The molecule has 2 heterocycles. The van der Waals surface area contributed by atoms with Gasteiger partial charge in [-0.2, -0.15) is 11.8 Å². The Morgan fingerprint density at radius 2 is 1.87 bits per heavy atom. The number of fused-ring (bicyclic) bond motifs is 1. The third kappa shape index (κ3) is 4.64. The molecule has 0 spiro atoms. The highest BCUT2D eigenvalue weighted by Crippen LogP contribution is 2.30. The first-order valence-corrected chi connectivity index (χ1v) is 11.8. The van der Waals surface area contributed by atoms with Gasteiger partial charge in [0.25, 0.3) is 5.91 Å². The molecular formula is C24H29N3O2S. The Hall–Kier alpha value is -2.47. The van der Waals surface area contributed by atoms with Crippen LogP contribution in [0.4, 0.5) is 11.4 Å². The van der Waals surface area contributed by atoms with Crippen LogP contribution in [0.5, 0.6) is 0 Å². The summed E-state index contributed by atoms with van der Waals surface area (Å²) in [6, 6.07) is 11.8. The third-order valence-electron chi connectivity index (χ3n) is 5.86. The molecule has 0 radical (unpaired) electrons. The van der Waals surface area contributed by atoms with E-state index in [1.54, 1.807) is 17.8 Å². The van der Waals surface area contributed by atoms with Crippen molar-refractivity contribution in [2.24, 2.45) is 0 Å². The van der Waals surface area contributed by atoms with Gasteiger partial charge in [-0.1, -0.05) is 23.8 Å². The van der Waals surface area contributed by atoms with E-state index < -0.39 is 0 Å². The Balaban J connectivity index is 1.38. The van der Waals surface area contributed by atoms with Gasteiger partial charge in [0, 0.05) is 30.2 Å². The Kier molecular flexibility index (Phi) is 6.32. The zero-order valence-electron chi connectivity index (χ0n) is 17.7. The van der Waals surface area contributed by atoms with Crippen LogP contribution in [0.1, 0.15) is 46.3 Å².